The molecule has 2 unspecified atom stereocenters. The van der Waals surface area contributed by atoms with Crippen molar-refractivity contribution in [1.29, 1.82) is 0 Å². The van der Waals surface area contributed by atoms with Gasteiger partial charge in [0, 0.05) is 30.3 Å². The van der Waals surface area contributed by atoms with Gasteiger partial charge in [-0.05, 0) is 69.7 Å². The van der Waals surface area contributed by atoms with Gasteiger partial charge in [-0.3, -0.25) is 14.4 Å². The van der Waals surface area contributed by atoms with E-state index in [0.29, 0.717) is 37.1 Å². The molecule has 33 heavy (non-hydrogen) atoms. The molecule has 176 valence electrons. The molecule has 3 rings (SSSR count). The normalized spacial score (nSPS) is 16.1. The van der Waals surface area contributed by atoms with E-state index in [4.69, 9.17) is 0 Å². The van der Waals surface area contributed by atoms with Crippen molar-refractivity contribution in [2.75, 3.05) is 13.1 Å². The molecule has 1 saturated heterocycles. The van der Waals surface area contributed by atoms with Gasteiger partial charge in [-0.15, -0.1) is 0 Å². The lowest BCUT2D eigenvalue weighted by Gasteiger charge is -2.36. The number of nitrogens with zero attached hydrogens (tertiary/aromatic N) is 1. The van der Waals surface area contributed by atoms with Crippen molar-refractivity contribution in [2.24, 2.45) is 5.92 Å². The Morgan fingerprint density at radius 2 is 1.61 bits per heavy atom. The zero-order chi connectivity index (χ0) is 24.0. The third kappa shape index (κ3) is 6.21. The number of rotatable bonds is 7. The highest BCUT2D eigenvalue weighted by Crippen LogP contribution is 2.23. The fourth-order valence-electron chi connectivity index (χ4n) is 4.19. The summed E-state index contributed by atoms with van der Waals surface area (Å²) in [7, 11) is 0. The third-order valence-electron chi connectivity index (χ3n) is 6.56. The van der Waals surface area contributed by atoms with E-state index in [1.54, 1.807) is 6.07 Å². The lowest BCUT2D eigenvalue weighted by atomic mass is 9.88. The van der Waals surface area contributed by atoms with Crippen LogP contribution in [0.5, 0.6) is 0 Å². The number of likely N-dealkylation sites (tertiary alicyclic amines) is 1. The van der Waals surface area contributed by atoms with Crippen molar-refractivity contribution in [3.05, 3.63) is 70.8 Å². The summed E-state index contributed by atoms with van der Waals surface area (Å²) in [6.45, 7) is 8.98. The summed E-state index contributed by atoms with van der Waals surface area (Å²) in [6.07, 6.45) is 2.13. The Balaban J connectivity index is 1.71. The highest BCUT2D eigenvalue weighted by Gasteiger charge is 2.34. The summed E-state index contributed by atoms with van der Waals surface area (Å²) in [6, 6.07) is 14.4. The SMILES string of the molecule is CCC(C)NC(=O)C(NC(=O)c1ccccc1C)C1CCN(C(=O)c2ccc(C)cc2)CC1. The summed E-state index contributed by atoms with van der Waals surface area (Å²) in [5.41, 5.74) is 3.24. The third-order valence-corrected chi connectivity index (χ3v) is 6.56. The second-order valence-electron chi connectivity index (χ2n) is 9.08. The van der Waals surface area contributed by atoms with Crippen LogP contribution in [0.25, 0.3) is 0 Å². The molecule has 0 saturated carbocycles. The fraction of sp³-hybridized carbons (Fsp3) is 0.444. The first-order valence-corrected chi connectivity index (χ1v) is 11.8. The molecule has 0 bridgehead atoms. The predicted molar refractivity (Wildman–Crippen MR) is 130 cm³/mol. The number of aryl methyl sites for hydroxylation is 2. The van der Waals surface area contributed by atoms with E-state index < -0.39 is 6.04 Å². The zero-order valence-electron chi connectivity index (χ0n) is 20.1. The lowest BCUT2D eigenvalue weighted by Crippen LogP contribution is -2.55. The van der Waals surface area contributed by atoms with Gasteiger partial charge in [-0.1, -0.05) is 42.8 Å². The van der Waals surface area contributed by atoms with Gasteiger partial charge in [0.2, 0.25) is 5.91 Å². The maximum atomic E-state index is 13.1. The van der Waals surface area contributed by atoms with Gasteiger partial charge in [0.15, 0.2) is 0 Å². The molecular formula is C27H35N3O3. The zero-order valence-corrected chi connectivity index (χ0v) is 20.1. The van der Waals surface area contributed by atoms with Crippen LogP contribution in [0.3, 0.4) is 0 Å². The van der Waals surface area contributed by atoms with E-state index in [0.717, 1.165) is 17.5 Å². The number of carbonyl (C=O) groups excluding carboxylic acids is 3. The van der Waals surface area contributed by atoms with Crippen LogP contribution in [0.15, 0.2) is 48.5 Å². The second kappa shape index (κ2) is 11.1. The minimum Gasteiger partial charge on any atom is -0.352 e. The Labute approximate surface area is 196 Å². The molecule has 1 aliphatic rings. The standard InChI is InChI=1S/C27H35N3O3/c1-5-20(4)28-26(32)24(29-25(31)23-9-7-6-8-19(23)3)21-14-16-30(17-15-21)27(33)22-12-10-18(2)11-13-22/h6-13,20-21,24H,5,14-17H2,1-4H3,(H,28,32)(H,29,31). The number of piperidine rings is 1. The van der Waals surface area contributed by atoms with Crippen LogP contribution in [-0.2, 0) is 4.79 Å². The van der Waals surface area contributed by atoms with Crippen LogP contribution >= 0.6 is 0 Å². The van der Waals surface area contributed by atoms with E-state index in [-0.39, 0.29) is 29.7 Å². The summed E-state index contributed by atoms with van der Waals surface area (Å²) in [5.74, 6) is -0.424. The van der Waals surface area contributed by atoms with Crippen molar-refractivity contribution in [3.8, 4) is 0 Å². The minimum absolute atomic E-state index is 0.0120. The first-order valence-electron chi connectivity index (χ1n) is 11.8. The molecule has 0 spiro atoms. The Hall–Kier alpha value is -3.15. The first kappa shape index (κ1) is 24.5. The number of hydrogen-bond acceptors (Lipinski definition) is 3. The molecule has 3 amide bonds. The van der Waals surface area contributed by atoms with Gasteiger partial charge in [-0.25, -0.2) is 0 Å². The van der Waals surface area contributed by atoms with Crippen molar-refractivity contribution >= 4 is 17.7 Å². The molecule has 1 heterocycles. The molecule has 2 aromatic carbocycles. The Morgan fingerprint density at radius 1 is 0.970 bits per heavy atom. The molecule has 6 heteroatoms. The average Bonchev–Trinajstić information content (AvgIpc) is 2.82. The van der Waals surface area contributed by atoms with Gasteiger partial charge in [0.05, 0.1) is 0 Å². The van der Waals surface area contributed by atoms with Crippen LogP contribution in [0, 0.1) is 19.8 Å². The second-order valence-corrected chi connectivity index (χ2v) is 9.08. The van der Waals surface area contributed by atoms with Crippen LogP contribution in [-0.4, -0.2) is 47.8 Å². The number of hydrogen-bond donors (Lipinski definition) is 2. The average molecular weight is 450 g/mol. The van der Waals surface area contributed by atoms with E-state index in [9.17, 15) is 14.4 Å². The highest BCUT2D eigenvalue weighted by molar-refractivity contribution is 5.99. The largest absolute Gasteiger partial charge is 0.352 e. The summed E-state index contributed by atoms with van der Waals surface area (Å²) in [5, 5.41) is 6.03. The molecule has 0 radical (unpaired) electrons. The molecule has 2 atom stereocenters. The van der Waals surface area contributed by atoms with E-state index in [1.807, 2.05) is 75.1 Å². The summed E-state index contributed by atoms with van der Waals surface area (Å²) in [4.78, 5) is 40.9. The summed E-state index contributed by atoms with van der Waals surface area (Å²) < 4.78 is 0. The maximum absolute atomic E-state index is 13.1. The Bertz CT molecular complexity index is 978. The van der Waals surface area contributed by atoms with Gasteiger partial charge < -0.3 is 15.5 Å². The van der Waals surface area contributed by atoms with Crippen molar-refractivity contribution in [2.45, 2.75) is 59.0 Å². The first-order chi connectivity index (χ1) is 15.8. The van der Waals surface area contributed by atoms with Crippen molar-refractivity contribution < 1.29 is 14.4 Å². The molecule has 0 aliphatic carbocycles. The monoisotopic (exact) mass is 449 g/mol. The van der Waals surface area contributed by atoms with Crippen molar-refractivity contribution in [3.63, 3.8) is 0 Å². The molecule has 6 nitrogen and oxygen atoms in total. The Kier molecular flexibility index (Phi) is 8.26. The molecule has 1 aliphatic heterocycles. The number of carbonyl (C=O) groups is 3. The van der Waals surface area contributed by atoms with Gasteiger partial charge in [0.1, 0.15) is 6.04 Å². The van der Waals surface area contributed by atoms with Crippen LogP contribution in [0.2, 0.25) is 0 Å². The molecule has 0 aromatic heterocycles. The molecule has 2 aromatic rings. The topological polar surface area (TPSA) is 78.5 Å². The molecule has 2 N–H and O–H groups in total. The number of amides is 3. The molecular weight excluding hydrogens is 414 g/mol. The van der Waals surface area contributed by atoms with Gasteiger partial charge >= 0.3 is 0 Å². The molecule has 1 fully saturated rings. The smallest absolute Gasteiger partial charge is 0.253 e. The Morgan fingerprint density at radius 3 is 2.21 bits per heavy atom. The van der Waals surface area contributed by atoms with E-state index in [1.165, 1.54) is 0 Å². The quantitative estimate of drug-likeness (QED) is 0.674. The van der Waals surface area contributed by atoms with Crippen LogP contribution in [0.4, 0.5) is 0 Å². The van der Waals surface area contributed by atoms with Gasteiger partial charge in [0.25, 0.3) is 11.8 Å². The number of benzene rings is 2. The van der Waals surface area contributed by atoms with Gasteiger partial charge in [-0.2, -0.15) is 0 Å². The summed E-state index contributed by atoms with van der Waals surface area (Å²) >= 11 is 0. The number of nitrogens with one attached hydrogen (secondary N) is 2. The van der Waals surface area contributed by atoms with E-state index in [2.05, 4.69) is 10.6 Å². The lowest BCUT2D eigenvalue weighted by molar-refractivity contribution is -0.125. The minimum atomic E-state index is -0.636. The predicted octanol–water partition coefficient (Wildman–Crippen LogP) is 3.87. The fourth-order valence-corrected chi connectivity index (χ4v) is 4.19. The van der Waals surface area contributed by atoms with E-state index >= 15 is 0 Å². The highest BCUT2D eigenvalue weighted by atomic mass is 16.2. The maximum Gasteiger partial charge on any atom is 0.253 e. The van der Waals surface area contributed by atoms with Crippen molar-refractivity contribution in [1.82, 2.24) is 15.5 Å². The van der Waals surface area contributed by atoms with Crippen LogP contribution in [0.1, 0.15) is 65.0 Å². The van der Waals surface area contributed by atoms with Crippen LogP contribution < -0.4 is 10.6 Å².